The van der Waals surface area contributed by atoms with Crippen LogP contribution in [0, 0.1) is 5.82 Å². The van der Waals surface area contributed by atoms with Gasteiger partial charge in [-0.25, -0.2) is 9.18 Å². The Morgan fingerprint density at radius 2 is 2.05 bits per heavy atom. The first-order valence-electron chi connectivity index (χ1n) is 5.88. The second-order valence-electron chi connectivity index (χ2n) is 4.41. The molecule has 0 saturated heterocycles. The zero-order chi connectivity index (χ0) is 14.3. The van der Waals surface area contributed by atoms with Gasteiger partial charge in [-0.3, -0.25) is 4.98 Å². The average molecular weight is 337 g/mol. The summed E-state index contributed by atoms with van der Waals surface area (Å²) in [7, 11) is 0. The molecule has 0 saturated carbocycles. The Kier molecular flexibility index (Phi) is 3.19. The molecule has 3 N–H and O–H groups in total. The van der Waals surface area contributed by atoms with Crippen LogP contribution >= 0.6 is 15.9 Å². The molecule has 6 heteroatoms. The molecular formula is C14H10BrFN2O2. The molecule has 20 heavy (non-hydrogen) atoms. The first-order valence-corrected chi connectivity index (χ1v) is 6.67. The SMILES string of the molecule is NC(c1ccc2[nH]c(=O)oc2c1)c1cc(Br)ccc1F. The summed E-state index contributed by atoms with van der Waals surface area (Å²) < 4.78 is 19.6. The van der Waals surface area contributed by atoms with Gasteiger partial charge in [0.25, 0.3) is 0 Å². The molecule has 3 aromatic rings. The Morgan fingerprint density at radius 3 is 2.85 bits per heavy atom. The molecular weight excluding hydrogens is 327 g/mol. The Hall–Kier alpha value is -1.92. The molecule has 0 spiro atoms. The van der Waals surface area contributed by atoms with E-state index < -0.39 is 11.8 Å². The molecule has 1 unspecified atom stereocenters. The number of benzene rings is 2. The Balaban J connectivity index is 2.09. The summed E-state index contributed by atoms with van der Waals surface area (Å²) >= 11 is 3.29. The maximum atomic E-state index is 13.8. The van der Waals surface area contributed by atoms with E-state index in [1.807, 2.05) is 0 Å². The summed E-state index contributed by atoms with van der Waals surface area (Å²) in [4.78, 5) is 13.7. The number of halogens is 2. The van der Waals surface area contributed by atoms with Gasteiger partial charge in [0, 0.05) is 10.0 Å². The summed E-state index contributed by atoms with van der Waals surface area (Å²) in [5, 5.41) is 0. The van der Waals surface area contributed by atoms with E-state index in [-0.39, 0.29) is 5.82 Å². The van der Waals surface area contributed by atoms with Gasteiger partial charge in [0.2, 0.25) is 0 Å². The van der Waals surface area contributed by atoms with Crippen LogP contribution in [-0.2, 0) is 0 Å². The quantitative estimate of drug-likeness (QED) is 0.755. The minimum atomic E-state index is -0.642. The number of oxazole rings is 1. The van der Waals surface area contributed by atoms with Crippen molar-refractivity contribution in [3.05, 3.63) is 68.4 Å². The molecule has 0 aliphatic heterocycles. The molecule has 0 fully saturated rings. The molecule has 1 aromatic heterocycles. The molecule has 0 bridgehead atoms. The van der Waals surface area contributed by atoms with Gasteiger partial charge in [-0.1, -0.05) is 22.0 Å². The van der Waals surface area contributed by atoms with E-state index in [0.717, 1.165) is 4.47 Å². The van der Waals surface area contributed by atoms with E-state index in [0.29, 0.717) is 22.2 Å². The first-order chi connectivity index (χ1) is 9.54. The summed E-state index contributed by atoms with van der Waals surface area (Å²) in [6.45, 7) is 0. The number of H-pyrrole nitrogens is 1. The van der Waals surface area contributed by atoms with Crippen LogP contribution in [0.25, 0.3) is 11.1 Å². The van der Waals surface area contributed by atoms with Gasteiger partial charge in [0.1, 0.15) is 5.82 Å². The van der Waals surface area contributed by atoms with Crippen molar-refractivity contribution in [2.24, 2.45) is 5.73 Å². The van der Waals surface area contributed by atoms with Gasteiger partial charge < -0.3 is 10.2 Å². The number of nitrogens with two attached hydrogens (primary N) is 1. The van der Waals surface area contributed by atoms with Gasteiger partial charge in [0.15, 0.2) is 5.58 Å². The lowest BCUT2D eigenvalue weighted by Gasteiger charge is -2.13. The molecule has 0 amide bonds. The fourth-order valence-electron chi connectivity index (χ4n) is 2.09. The zero-order valence-corrected chi connectivity index (χ0v) is 11.8. The number of hydrogen-bond acceptors (Lipinski definition) is 3. The Bertz CT molecular complexity index is 841. The highest BCUT2D eigenvalue weighted by Crippen LogP contribution is 2.26. The standard InChI is InChI=1S/C14H10BrFN2O2/c15-8-2-3-10(16)9(6-8)13(17)7-1-4-11-12(5-7)20-14(19)18-11/h1-6,13H,17H2,(H,18,19). The lowest BCUT2D eigenvalue weighted by molar-refractivity contribution is 0.554. The minimum absolute atomic E-state index is 0.372. The van der Waals surface area contributed by atoms with Crippen molar-refractivity contribution in [2.45, 2.75) is 6.04 Å². The molecule has 0 radical (unpaired) electrons. The highest BCUT2D eigenvalue weighted by Gasteiger charge is 2.15. The van der Waals surface area contributed by atoms with Crippen LogP contribution in [-0.4, -0.2) is 4.98 Å². The van der Waals surface area contributed by atoms with Gasteiger partial charge in [-0.15, -0.1) is 0 Å². The van der Waals surface area contributed by atoms with Crippen molar-refractivity contribution in [2.75, 3.05) is 0 Å². The smallest absolute Gasteiger partial charge is 0.408 e. The highest BCUT2D eigenvalue weighted by molar-refractivity contribution is 9.10. The van der Waals surface area contributed by atoms with Gasteiger partial charge in [0.05, 0.1) is 11.6 Å². The fourth-order valence-corrected chi connectivity index (χ4v) is 2.47. The van der Waals surface area contributed by atoms with E-state index in [1.54, 1.807) is 30.3 Å². The van der Waals surface area contributed by atoms with Crippen LogP contribution in [0.5, 0.6) is 0 Å². The number of aromatic amines is 1. The predicted octanol–water partition coefficient (Wildman–Crippen LogP) is 3.07. The second-order valence-corrected chi connectivity index (χ2v) is 5.33. The highest BCUT2D eigenvalue weighted by atomic mass is 79.9. The largest absolute Gasteiger partial charge is 0.417 e. The summed E-state index contributed by atoms with van der Waals surface area (Å²) in [6, 6.07) is 9.02. The van der Waals surface area contributed by atoms with Gasteiger partial charge in [-0.2, -0.15) is 0 Å². The molecule has 1 heterocycles. The van der Waals surface area contributed by atoms with Gasteiger partial charge in [-0.05, 0) is 35.9 Å². The summed E-state index contributed by atoms with van der Waals surface area (Å²) in [5.41, 5.74) is 8.11. The lowest BCUT2D eigenvalue weighted by Crippen LogP contribution is -2.13. The van der Waals surface area contributed by atoms with E-state index >= 15 is 0 Å². The third-order valence-electron chi connectivity index (χ3n) is 3.10. The third kappa shape index (κ3) is 2.28. The van der Waals surface area contributed by atoms with Crippen LogP contribution in [0.3, 0.4) is 0 Å². The molecule has 4 nitrogen and oxygen atoms in total. The Labute approximate surface area is 121 Å². The van der Waals surface area contributed by atoms with Crippen molar-refractivity contribution < 1.29 is 8.81 Å². The normalized spacial score (nSPS) is 12.8. The van der Waals surface area contributed by atoms with Crippen LogP contribution in [0.2, 0.25) is 0 Å². The van der Waals surface area contributed by atoms with E-state index in [2.05, 4.69) is 20.9 Å². The lowest BCUT2D eigenvalue weighted by atomic mass is 9.99. The minimum Gasteiger partial charge on any atom is -0.408 e. The summed E-state index contributed by atoms with van der Waals surface area (Å²) in [5.74, 6) is -0.907. The number of fused-ring (bicyclic) bond motifs is 1. The van der Waals surface area contributed by atoms with E-state index in [4.69, 9.17) is 10.2 Å². The maximum Gasteiger partial charge on any atom is 0.417 e. The van der Waals surface area contributed by atoms with E-state index in [1.165, 1.54) is 6.07 Å². The van der Waals surface area contributed by atoms with Crippen LogP contribution in [0.1, 0.15) is 17.2 Å². The molecule has 102 valence electrons. The second kappa shape index (κ2) is 4.88. The Morgan fingerprint density at radius 1 is 1.25 bits per heavy atom. The van der Waals surface area contributed by atoms with Crippen molar-refractivity contribution in [3.8, 4) is 0 Å². The van der Waals surface area contributed by atoms with Crippen LogP contribution < -0.4 is 11.5 Å². The molecule has 1 atom stereocenters. The fraction of sp³-hybridized carbons (Fsp3) is 0.0714. The van der Waals surface area contributed by atoms with Crippen molar-refractivity contribution in [3.63, 3.8) is 0 Å². The van der Waals surface area contributed by atoms with E-state index in [9.17, 15) is 9.18 Å². The molecule has 3 rings (SSSR count). The zero-order valence-electron chi connectivity index (χ0n) is 10.2. The monoisotopic (exact) mass is 336 g/mol. The molecule has 2 aromatic carbocycles. The van der Waals surface area contributed by atoms with Crippen LogP contribution in [0.15, 0.2) is 50.1 Å². The average Bonchev–Trinajstić information content (AvgIpc) is 2.79. The summed E-state index contributed by atoms with van der Waals surface area (Å²) in [6.07, 6.45) is 0. The van der Waals surface area contributed by atoms with Crippen LogP contribution in [0.4, 0.5) is 4.39 Å². The number of rotatable bonds is 2. The number of hydrogen-bond donors (Lipinski definition) is 2. The van der Waals surface area contributed by atoms with Crippen molar-refractivity contribution >= 4 is 27.0 Å². The molecule has 0 aliphatic carbocycles. The number of nitrogens with one attached hydrogen (secondary N) is 1. The topological polar surface area (TPSA) is 72.0 Å². The third-order valence-corrected chi connectivity index (χ3v) is 3.59. The van der Waals surface area contributed by atoms with Crippen molar-refractivity contribution in [1.29, 1.82) is 0 Å². The first kappa shape index (κ1) is 13.1. The number of aromatic nitrogens is 1. The van der Waals surface area contributed by atoms with Crippen molar-refractivity contribution in [1.82, 2.24) is 4.98 Å². The maximum absolute atomic E-state index is 13.8. The molecule has 0 aliphatic rings. The predicted molar refractivity (Wildman–Crippen MR) is 77.0 cm³/mol. The van der Waals surface area contributed by atoms with Gasteiger partial charge >= 0.3 is 5.76 Å².